The monoisotopic (exact) mass is 710 g/mol. The lowest BCUT2D eigenvalue weighted by Gasteiger charge is -2.17. The van der Waals surface area contributed by atoms with Gasteiger partial charge >= 0.3 is 5.69 Å². The number of halogens is 4. The van der Waals surface area contributed by atoms with Gasteiger partial charge in [0.2, 0.25) is 11.8 Å². The Bertz CT molecular complexity index is 2230. The maximum Gasteiger partial charge on any atom is 0.332 e. The summed E-state index contributed by atoms with van der Waals surface area (Å²) >= 11 is 13.9. The lowest BCUT2D eigenvalue weighted by molar-refractivity contribution is -0.119. The van der Waals surface area contributed by atoms with E-state index in [0.717, 1.165) is 21.1 Å². The number of hydrogen-bond donors (Lipinski definition) is 3. The van der Waals surface area contributed by atoms with E-state index in [9.17, 15) is 23.2 Å². The first-order valence-corrected chi connectivity index (χ1v) is 15.9. The molecule has 1 saturated heterocycles. The Morgan fingerprint density at radius 1 is 0.959 bits per heavy atom. The molecule has 1 fully saturated rings. The van der Waals surface area contributed by atoms with E-state index in [-0.39, 0.29) is 39.5 Å². The fraction of sp³-hybridized carbons (Fsp3) is 0.273. The third-order valence-electron chi connectivity index (χ3n) is 8.25. The smallest absolute Gasteiger partial charge is 0.332 e. The number of methoxy groups -OCH3 is 1. The first-order chi connectivity index (χ1) is 23.5. The summed E-state index contributed by atoms with van der Waals surface area (Å²) in [5, 5.41) is 9.53. The van der Waals surface area contributed by atoms with Gasteiger partial charge in [0.15, 0.2) is 11.5 Å². The third kappa shape index (κ3) is 6.58. The molecule has 0 saturated carbocycles. The van der Waals surface area contributed by atoms with Crippen LogP contribution in [0.3, 0.4) is 0 Å². The van der Waals surface area contributed by atoms with Crippen molar-refractivity contribution in [3.63, 3.8) is 0 Å². The van der Waals surface area contributed by atoms with Gasteiger partial charge in [-0.25, -0.2) is 28.5 Å². The highest BCUT2D eigenvalue weighted by Crippen LogP contribution is 2.42. The molecule has 1 amide bonds. The van der Waals surface area contributed by atoms with E-state index in [1.54, 1.807) is 30.3 Å². The molecule has 49 heavy (non-hydrogen) atoms. The van der Waals surface area contributed by atoms with Gasteiger partial charge in [-0.1, -0.05) is 59.6 Å². The minimum Gasteiger partial charge on any atom is -0.481 e. The van der Waals surface area contributed by atoms with Crippen molar-refractivity contribution in [3.8, 4) is 28.3 Å². The van der Waals surface area contributed by atoms with E-state index in [1.165, 1.54) is 21.2 Å². The zero-order valence-corrected chi connectivity index (χ0v) is 28.0. The Morgan fingerprint density at radius 2 is 1.67 bits per heavy atom. The fourth-order valence-corrected chi connectivity index (χ4v) is 6.31. The number of alkyl halides is 2. The van der Waals surface area contributed by atoms with Gasteiger partial charge in [0.25, 0.3) is 12.0 Å². The number of pyridine rings is 1. The van der Waals surface area contributed by atoms with Crippen molar-refractivity contribution in [2.24, 2.45) is 14.1 Å². The highest BCUT2D eigenvalue weighted by Gasteiger charge is 2.23. The lowest BCUT2D eigenvalue weighted by Crippen LogP contribution is -2.38. The minimum atomic E-state index is -3.08. The molecule has 0 spiro atoms. The number of anilines is 2. The van der Waals surface area contributed by atoms with Crippen molar-refractivity contribution >= 4 is 51.6 Å². The molecule has 2 aromatic carbocycles. The molecule has 0 aliphatic carbocycles. The van der Waals surface area contributed by atoms with Gasteiger partial charge in [0.1, 0.15) is 11.2 Å². The van der Waals surface area contributed by atoms with Gasteiger partial charge in [0, 0.05) is 61.9 Å². The first kappa shape index (κ1) is 34.0. The number of carbonyl (C=O) groups is 1. The number of aromatic nitrogens is 5. The van der Waals surface area contributed by atoms with Crippen LogP contribution >= 0.6 is 23.2 Å². The lowest BCUT2D eigenvalue weighted by atomic mass is 10.00. The maximum atomic E-state index is 13.8. The molecular weight excluding hydrogens is 681 g/mol. The number of nitrogens with zero attached hydrogens (tertiary/aromatic N) is 5. The van der Waals surface area contributed by atoms with E-state index in [0.29, 0.717) is 52.8 Å². The Kier molecular flexibility index (Phi) is 9.63. The van der Waals surface area contributed by atoms with E-state index in [4.69, 9.17) is 32.9 Å². The molecule has 3 N–H and O–H groups in total. The number of rotatable bonds is 10. The molecule has 5 aromatic rings. The molecule has 1 atom stereocenters. The summed E-state index contributed by atoms with van der Waals surface area (Å²) < 4.78 is 35.1. The Balaban J connectivity index is 1.33. The quantitative estimate of drug-likeness (QED) is 0.180. The van der Waals surface area contributed by atoms with Crippen molar-refractivity contribution < 1.29 is 18.3 Å². The summed E-state index contributed by atoms with van der Waals surface area (Å²) in [7, 11) is 4.13. The van der Waals surface area contributed by atoms with Crippen molar-refractivity contribution in [1.82, 2.24) is 34.7 Å². The number of aryl methyl sites for hydroxylation is 1. The SMILES string of the molecule is COc1nc(-c2cccc(-c3cccc(Nc4nc(C(F)F)nc5c4c(=O)n(C)c(=O)n5C)c3Cl)c2Cl)ccc1CNC[C@@H]1CCC(=O)N1. The molecule has 16 heteroatoms. The molecule has 3 aromatic heterocycles. The second-order valence-electron chi connectivity index (χ2n) is 11.4. The highest BCUT2D eigenvalue weighted by molar-refractivity contribution is 6.39. The number of ether oxygens (including phenoxy) is 1. The normalized spacial score (nSPS) is 14.4. The summed E-state index contributed by atoms with van der Waals surface area (Å²) in [6.07, 6.45) is -1.76. The number of hydrogen-bond acceptors (Lipinski definition) is 9. The average molecular weight is 712 g/mol. The average Bonchev–Trinajstić information content (AvgIpc) is 3.51. The van der Waals surface area contributed by atoms with Crippen LogP contribution < -0.4 is 31.9 Å². The highest BCUT2D eigenvalue weighted by atomic mass is 35.5. The molecule has 6 rings (SSSR count). The van der Waals surface area contributed by atoms with Crippen LogP contribution in [-0.2, 0) is 25.4 Å². The van der Waals surface area contributed by atoms with E-state index in [1.807, 2.05) is 18.2 Å². The number of amides is 1. The Labute approximate surface area is 288 Å². The first-order valence-electron chi connectivity index (χ1n) is 15.1. The summed E-state index contributed by atoms with van der Waals surface area (Å²) in [5.74, 6) is -0.638. The predicted octanol–water partition coefficient (Wildman–Crippen LogP) is 5.12. The molecule has 0 radical (unpaired) electrons. The van der Waals surface area contributed by atoms with Gasteiger partial charge in [-0.15, -0.1) is 0 Å². The van der Waals surface area contributed by atoms with Gasteiger partial charge in [0.05, 0.1) is 28.5 Å². The topological polar surface area (TPSA) is 145 Å². The summed E-state index contributed by atoms with van der Waals surface area (Å²) in [6, 6.07) is 14.2. The van der Waals surface area contributed by atoms with Crippen LogP contribution in [0.1, 0.15) is 30.7 Å². The molecule has 4 heterocycles. The molecule has 0 unspecified atom stereocenters. The van der Waals surface area contributed by atoms with Crippen LogP contribution in [0, 0.1) is 0 Å². The second-order valence-corrected chi connectivity index (χ2v) is 12.1. The molecule has 1 aliphatic heterocycles. The molecule has 0 bridgehead atoms. The Hall–Kier alpha value is -4.92. The number of nitrogens with one attached hydrogen (secondary N) is 3. The van der Waals surface area contributed by atoms with E-state index < -0.39 is 23.5 Å². The van der Waals surface area contributed by atoms with Gasteiger partial charge in [-0.2, -0.15) is 0 Å². The van der Waals surface area contributed by atoms with Crippen molar-refractivity contribution in [3.05, 3.63) is 90.8 Å². The summed E-state index contributed by atoms with van der Waals surface area (Å²) in [5.41, 5.74) is 1.52. The standard InChI is InChI=1S/C33H30Cl2F2N8O4/c1-44-30-24(32(47)45(2)33(44)48)28(42-29(43-30)27(36)37)40-22-9-5-7-19(26(22)35)18-6-4-8-20(25(18)34)21-12-10-16(31(41-21)49-3)14-38-15-17-11-13-23(46)39-17/h4-10,12,17,27,38H,11,13-15H2,1-3H3,(H,39,46)(H,40,42,43)/t17-/m0/s1. The van der Waals surface area contributed by atoms with Crippen LogP contribution in [0.5, 0.6) is 5.88 Å². The molecule has 1 aliphatic rings. The van der Waals surface area contributed by atoms with Crippen LogP contribution in [0.15, 0.2) is 58.1 Å². The van der Waals surface area contributed by atoms with Crippen LogP contribution in [-0.4, -0.2) is 49.7 Å². The van der Waals surface area contributed by atoms with Crippen LogP contribution in [0.25, 0.3) is 33.4 Å². The summed E-state index contributed by atoms with van der Waals surface area (Å²) in [4.78, 5) is 49.6. The number of carbonyl (C=O) groups excluding carboxylic acids is 1. The maximum absolute atomic E-state index is 13.8. The molecule has 12 nitrogen and oxygen atoms in total. The van der Waals surface area contributed by atoms with Gasteiger partial charge < -0.3 is 20.7 Å². The van der Waals surface area contributed by atoms with E-state index >= 15 is 0 Å². The van der Waals surface area contributed by atoms with Crippen LogP contribution in [0.2, 0.25) is 10.0 Å². The molecular formula is C33H30Cl2F2N8O4. The third-order valence-corrected chi connectivity index (χ3v) is 9.07. The van der Waals surface area contributed by atoms with Gasteiger partial charge in [-0.05, 0) is 18.6 Å². The Morgan fingerprint density at radius 3 is 2.37 bits per heavy atom. The zero-order chi connectivity index (χ0) is 35.0. The minimum absolute atomic E-state index is 0.0582. The summed E-state index contributed by atoms with van der Waals surface area (Å²) in [6.45, 7) is 1.10. The largest absolute Gasteiger partial charge is 0.481 e. The second kappa shape index (κ2) is 13.9. The molecule has 254 valence electrons. The van der Waals surface area contributed by atoms with E-state index in [2.05, 4.69) is 25.9 Å². The number of benzene rings is 2. The zero-order valence-electron chi connectivity index (χ0n) is 26.5. The van der Waals surface area contributed by atoms with Crippen LogP contribution in [0.4, 0.5) is 20.3 Å². The van der Waals surface area contributed by atoms with Gasteiger partial charge in [-0.3, -0.25) is 18.7 Å². The number of fused-ring (bicyclic) bond motifs is 1. The predicted molar refractivity (Wildman–Crippen MR) is 183 cm³/mol. The van der Waals surface area contributed by atoms with Crippen molar-refractivity contribution in [2.45, 2.75) is 31.9 Å². The van der Waals surface area contributed by atoms with Crippen molar-refractivity contribution in [1.29, 1.82) is 0 Å². The van der Waals surface area contributed by atoms with Crippen molar-refractivity contribution in [2.75, 3.05) is 19.0 Å². The fourth-order valence-electron chi connectivity index (χ4n) is 5.71.